The molecule has 1 aromatic rings. The van der Waals surface area contributed by atoms with Crippen LogP contribution in [-0.2, 0) is 10.2 Å². The Morgan fingerprint density at radius 3 is 2.52 bits per heavy atom. The van der Waals surface area contributed by atoms with Gasteiger partial charge in [-0.15, -0.1) is 0 Å². The van der Waals surface area contributed by atoms with E-state index in [0.717, 1.165) is 6.42 Å². The van der Waals surface area contributed by atoms with Crippen LogP contribution in [0.15, 0.2) is 6.07 Å². The minimum Gasteiger partial charge on any atom is -0.481 e. The van der Waals surface area contributed by atoms with E-state index in [2.05, 4.69) is 14.7 Å². The minimum atomic E-state index is -3.70. The van der Waals surface area contributed by atoms with Crippen molar-refractivity contribution in [1.29, 1.82) is 0 Å². The van der Waals surface area contributed by atoms with E-state index in [1.807, 2.05) is 13.8 Å². The van der Waals surface area contributed by atoms with Gasteiger partial charge in [-0.1, -0.05) is 25.4 Å². The van der Waals surface area contributed by atoms with Crippen LogP contribution in [0, 0.1) is 11.8 Å². The number of methoxy groups -OCH3 is 1. The van der Waals surface area contributed by atoms with Crippen molar-refractivity contribution in [3.05, 3.63) is 11.2 Å². The van der Waals surface area contributed by atoms with Crippen LogP contribution in [-0.4, -0.2) is 42.9 Å². The minimum absolute atomic E-state index is 0.0924. The number of rotatable bonds is 4. The average molecular weight is 335 g/mol. The van der Waals surface area contributed by atoms with Crippen molar-refractivity contribution in [3.63, 3.8) is 0 Å². The molecule has 1 aromatic heterocycles. The predicted octanol–water partition coefficient (Wildman–Crippen LogP) is 1.77. The molecule has 0 radical (unpaired) electrons. The van der Waals surface area contributed by atoms with E-state index >= 15 is 0 Å². The number of ether oxygens (including phenoxy) is 1. The zero-order valence-corrected chi connectivity index (χ0v) is 13.8. The Balaban J connectivity index is 2.19. The van der Waals surface area contributed by atoms with E-state index in [9.17, 15) is 8.42 Å². The largest absolute Gasteiger partial charge is 0.481 e. The Morgan fingerprint density at radius 2 is 1.95 bits per heavy atom. The van der Waals surface area contributed by atoms with Gasteiger partial charge in [0.05, 0.1) is 7.11 Å². The number of aromatic nitrogens is 2. The molecule has 118 valence electrons. The van der Waals surface area contributed by atoms with Gasteiger partial charge in [-0.05, 0) is 18.3 Å². The monoisotopic (exact) mass is 334 g/mol. The Labute approximate surface area is 129 Å². The number of halogens is 1. The smallest absolute Gasteiger partial charge is 0.304 e. The Bertz CT molecular complexity index is 601. The average Bonchev–Trinajstić information content (AvgIpc) is 2.36. The summed E-state index contributed by atoms with van der Waals surface area (Å²) in [7, 11) is -2.28. The predicted molar refractivity (Wildman–Crippen MR) is 80.7 cm³/mol. The van der Waals surface area contributed by atoms with Crippen molar-refractivity contribution < 1.29 is 13.2 Å². The van der Waals surface area contributed by atoms with Crippen molar-refractivity contribution in [2.24, 2.45) is 11.8 Å². The van der Waals surface area contributed by atoms with Gasteiger partial charge in [-0.3, -0.25) is 0 Å². The van der Waals surface area contributed by atoms with E-state index in [0.29, 0.717) is 24.9 Å². The first-order valence-electron chi connectivity index (χ1n) is 6.66. The van der Waals surface area contributed by atoms with E-state index < -0.39 is 10.2 Å². The lowest BCUT2D eigenvalue weighted by atomic mass is 9.94. The summed E-state index contributed by atoms with van der Waals surface area (Å²) in [6, 6.07) is 1.41. The lowest BCUT2D eigenvalue weighted by Gasteiger charge is -2.33. The first-order chi connectivity index (χ1) is 9.80. The van der Waals surface area contributed by atoms with Gasteiger partial charge in [0.25, 0.3) is 0 Å². The molecule has 2 unspecified atom stereocenters. The molecule has 9 heteroatoms. The highest BCUT2D eigenvalue weighted by molar-refractivity contribution is 7.90. The Morgan fingerprint density at radius 1 is 1.33 bits per heavy atom. The number of nitrogens with one attached hydrogen (secondary N) is 1. The van der Waals surface area contributed by atoms with E-state index in [-0.39, 0.29) is 17.0 Å². The molecular weight excluding hydrogens is 316 g/mol. The summed E-state index contributed by atoms with van der Waals surface area (Å²) in [5, 5.41) is 0.111. The number of nitrogens with zero attached hydrogens (tertiary/aromatic N) is 3. The van der Waals surface area contributed by atoms with Gasteiger partial charge in [0.2, 0.25) is 11.8 Å². The van der Waals surface area contributed by atoms with Crippen LogP contribution < -0.4 is 9.46 Å². The van der Waals surface area contributed by atoms with Gasteiger partial charge in [0, 0.05) is 19.2 Å². The van der Waals surface area contributed by atoms with E-state index in [4.69, 9.17) is 16.3 Å². The van der Waals surface area contributed by atoms with Crippen molar-refractivity contribution in [2.45, 2.75) is 20.3 Å². The van der Waals surface area contributed by atoms with Gasteiger partial charge in [-0.25, -0.2) is 9.71 Å². The molecule has 1 aliphatic rings. The summed E-state index contributed by atoms with van der Waals surface area (Å²) in [4.78, 5) is 7.79. The zero-order chi connectivity index (χ0) is 15.6. The first-order valence-corrected chi connectivity index (χ1v) is 8.48. The maximum absolute atomic E-state index is 12.4. The molecule has 1 aliphatic heterocycles. The maximum Gasteiger partial charge on any atom is 0.304 e. The number of hydrogen-bond acceptors (Lipinski definition) is 5. The zero-order valence-electron chi connectivity index (χ0n) is 12.2. The molecule has 1 fully saturated rings. The van der Waals surface area contributed by atoms with Crippen molar-refractivity contribution >= 4 is 27.8 Å². The third-order valence-electron chi connectivity index (χ3n) is 3.28. The highest BCUT2D eigenvalue weighted by atomic mass is 35.5. The molecule has 0 saturated carbocycles. The molecule has 0 aliphatic carbocycles. The molecule has 1 saturated heterocycles. The van der Waals surface area contributed by atoms with Gasteiger partial charge in [-0.2, -0.15) is 17.7 Å². The summed E-state index contributed by atoms with van der Waals surface area (Å²) < 4.78 is 33.5. The van der Waals surface area contributed by atoms with Crippen LogP contribution >= 0.6 is 11.6 Å². The van der Waals surface area contributed by atoms with Gasteiger partial charge >= 0.3 is 10.2 Å². The fourth-order valence-electron chi connectivity index (χ4n) is 2.53. The second-order valence-electron chi connectivity index (χ2n) is 5.43. The summed E-state index contributed by atoms with van der Waals surface area (Å²) in [6.45, 7) is 5.04. The summed E-state index contributed by atoms with van der Waals surface area (Å²) in [5.74, 6) is 0.749. The third kappa shape index (κ3) is 4.18. The van der Waals surface area contributed by atoms with Crippen LogP contribution in [0.5, 0.6) is 5.88 Å². The lowest BCUT2D eigenvalue weighted by Crippen LogP contribution is -2.45. The number of anilines is 1. The molecule has 21 heavy (non-hydrogen) atoms. The molecule has 0 amide bonds. The summed E-state index contributed by atoms with van der Waals surface area (Å²) in [6.07, 6.45) is 1.02. The fraction of sp³-hybridized carbons (Fsp3) is 0.667. The molecule has 1 N–H and O–H groups in total. The normalized spacial score (nSPS) is 23.8. The van der Waals surface area contributed by atoms with Gasteiger partial charge in [0.1, 0.15) is 5.15 Å². The molecular formula is C12H19ClN4O3S. The standard InChI is InChI=1S/C12H19ClN4O3S/c1-8-4-9(2)7-17(6-8)21(18,19)16-12-14-10(13)5-11(15-12)20-3/h5,8-9H,4,6-7H2,1-3H3,(H,14,15,16). The SMILES string of the molecule is COc1cc(Cl)nc(NS(=O)(=O)N2CC(C)CC(C)C2)n1. The molecule has 0 spiro atoms. The van der Waals surface area contributed by atoms with Gasteiger partial charge in [0.15, 0.2) is 0 Å². The Kier molecular flexibility index (Phi) is 4.90. The van der Waals surface area contributed by atoms with Gasteiger partial charge < -0.3 is 4.74 Å². The van der Waals surface area contributed by atoms with Crippen LogP contribution in [0.1, 0.15) is 20.3 Å². The van der Waals surface area contributed by atoms with Crippen molar-refractivity contribution in [2.75, 3.05) is 24.9 Å². The quantitative estimate of drug-likeness (QED) is 0.848. The Hall–Kier alpha value is -1.12. The molecule has 0 bridgehead atoms. The summed E-state index contributed by atoms with van der Waals surface area (Å²) in [5.41, 5.74) is 0. The topological polar surface area (TPSA) is 84.4 Å². The van der Waals surface area contributed by atoms with Crippen LogP contribution in [0.3, 0.4) is 0 Å². The number of hydrogen-bond donors (Lipinski definition) is 1. The van der Waals surface area contributed by atoms with Crippen molar-refractivity contribution in [1.82, 2.24) is 14.3 Å². The van der Waals surface area contributed by atoms with Crippen molar-refractivity contribution in [3.8, 4) is 5.88 Å². The highest BCUT2D eigenvalue weighted by Crippen LogP contribution is 2.24. The van der Waals surface area contributed by atoms with E-state index in [1.54, 1.807) is 0 Å². The summed E-state index contributed by atoms with van der Waals surface area (Å²) >= 11 is 5.81. The molecule has 7 nitrogen and oxygen atoms in total. The molecule has 2 atom stereocenters. The highest BCUT2D eigenvalue weighted by Gasteiger charge is 2.31. The molecule has 2 rings (SSSR count). The maximum atomic E-state index is 12.4. The number of piperidine rings is 1. The fourth-order valence-corrected chi connectivity index (χ4v) is 4.06. The van der Waals surface area contributed by atoms with E-state index in [1.165, 1.54) is 17.5 Å². The lowest BCUT2D eigenvalue weighted by molar-refractivity contribution is 0.223. The molecule has 0 aromatic carbocycles. The second kappa shape index (κ2) is 6.33. The first kappa shape index (κ1) is 16.3. The van der Waals surface area contributed by atoms with Crippen LogP contribution in [0.25, 0.3) is 0 Å². The molecule has 2 heterocycles. The van der Waals surface area contributed by atoms with Crippen LogP contribution in [0.2, 0.25) is 5.15 Å². The second-order valence-corrected chi connectivity index (χ2v) is 7.48. The third-order valence-corrected chi connectivity index (χ3v) is 4.89. The van der Waals surface area contributed by atoms with Crippen LogP contribution in [0.4, 0.5) is 5.95 Å².